The highest BCUT2D eigenvalue weighted by molar-refractivity contribution is 5.83. The number of carboxylic acids is 1. The van der Waals surface area contributed by atoms with Crippen molar-refractivity contribution in [3.8, 4) is 0 Å². The van der Waals surface area contributed by atoms with Crippen molar-refractivity contribution in [2.75, 3.05) is 13.1 Å². The summed E-state index contributed by atoms with van der Waals surface area (Å²) < 4.78 is 0. The Labute approximate surface area is 112 Å². The minimum Gasteiger partial charge on any atom is -0.480 e. The Hall–Kier alpha value is -1.88. The topological polar surface area (TPSA) is 69.6 Å². The molecule has 1 saturated heterocycles. The molecule has 0 saturated carbocycles. The van der Waals surface area contributed by atoms with Crippen LogP contribution in [0.5, 0.6) is 0 Å². The Morgan fingerprint density at radius 1 is 1.37 bits per heavy atom. The molecule has 1 aromatic carbocycles. The lowest BCUT2D eigenvalue weighted by molar-refractivity contribution is -0.146. The summed E-state index contributed by atoms with van der Waals surface area (Å²) in [6, 6.07) is 7.40. The predicted molar refractivity (Wildman–Crippen MR) is 70.7 cm³/mol. The summed E-state index contributed by atoms with van der Waals surface area (Å²) >= 11 is 0. The zero-order chi connectivity index (χ0) is 13.8. The Morgan fingerprint density at radius 3 is 2.58 bits per heavy atom. The minimum atomic E-state index is -0.898. The van der Waals surface area contributed by atoms with E-state index in [1.54, 1.807) is 4.90 Å². The van der Waals surface area contributed by atoms with Gasteiger partial charge in [0.1, 0.15) is 6.04 Å². The second-order valence-electron chi connectivity index (χ2n) is 4.73. The minimum absolute atomic E-state index is 0.123. The molecule has 19 heavy (non-hydrogen) atoms. The summed E-state index contributed by atoms with van der Waals surface area (Å²) in [5.41, 5.74) is 2.27. The summed E-state index contributed by atoms with van der Waals surface area (Å²) in [7, 11) is 0. The fraction of sp³-hybridized carbons (Fsp3) is 0.429. The smallest absolute Gasteiger partial charge is 0.322 e. The average Bonchev–Trinajstić information content (AvgIpc) is 2.39. The van der Waals surface area contributed by atoms with Crippen molar-refractivity contribution in [3.63, 3.8) is 0 Å². The van der Waals surface area contributed by atoms with E-state index >= 15 is 0 Å². The number of hydrogen-bond donors (Lipinski definition) is 2. The van der Waals surface area contributed by atoms with E-state index in [1.807, 2.05) is 24.3 Å². The SMILES string of the molecule is CCc1ccc(CN2CC(=O)NCC2C(=O)O)cc1. The van der Waals surface area contributed by atoms with Crippen molar-refractivity contribution in [1.82, 2.24) is 10.2 Å². The molecule has 0 aromatic heterocycles. The van der Waals surface area contributed by atoms with Gasteiger partial charge in [-0.15, -0.1) is 0 Å². The highest BCUT2D eigenvalue weighted by Gasteiger charge is 2.31. The number of piperazine rings is 1. The quantitative estimate of drug-likeness (QED) is 0.835. The van der Waals surface area contributed by atoms with Gasteiger partial charge in [-0.1, -0.05) is 31.2 Å². The fourth-order valence-electron chi connectivity index (χ4n) is 2.21. The van der Waals surface area contributed by atoms with E-state index in [9.17, 15) is 9.59 Å². The Bertz CT molecular complexity index is 470. The van der Waals surface area contributed by atoms with Gasteiger partial charge in [-0.25, -0.2) is 0 Å². The maximum absolute atomic E-state index is 11.4. The van der Waals surface area contributed by atoms with Gasteiger partial charge >= 0.3 is 5.97 Å². The van der Waals surface area contributed by atoms with Crippen LogP contribution in [0.2, 0.25) is 0 Å². The molecule has 5 heteroatoms. The van der Waals surface area contributed by atoms with Crippen molar-refractivity contribution in [2.45, 2.75) is 25.9 Å². The number of aryl methyl sites for hydroxylation is 1. The number of carbonyl (C=O) groups is 2. The molecular weight excluding hydrogens is 244 g/mol. The van der Waals surface area contributed by atoms with Crippen LogP contribution in [-0.2, 0) is 22.6 Å². The zero-order valence-electron chi connectivity index (χ0n) is 10.9. The molecule has 0 aliphatic carbocycles. The van der Waals surface area contributed by atoms with E-state index < -0.39 is 12.0 Å². The molecular formula is C14H18N2O3. The van der Waals surface area contributed by atoms with E-state index in [1.165, 1.54) is 5.56 Å². The van der Waals surface area contributed by atoms with Crippen molar-refractivity contribution >= 4 is 11.9 Å². The maximum Gasteiger partial charge on any atom is 0.322 e. The second-order valence-corrected chi connectivity index (χ2v) is 4.73. The van der Waals surface area contributed by atoms with Gasteiger partial charge in [-0.2, -0.15) is 0 Å². The molecule has 1 amide bonds. The third kappa shape index (κ3) is 3.32. The van der Waals surface area contributed by atoms with Crippen molar-refractivity contribution in [2.24, 2.45) is 0 Å². The first-order valence-corrected chi connectivity index (χ1v) is 6.41. The molecule has 2 rings (SSSR count). The van der Waals surface area contributed by atoms with Gasteiger partial charge in [0.25, 0.3) is 0 Å². The van der Waals surface area contributed by atoms with Crippen LogP contribution >= 0.6 is 0 Å². The molecule has 0 bridgehead atoms. The van der Waals surface area contributed by atoms with Gasteiger partial charge in [-0.3, -0.25) is 14.5 Å². The summed E-state index contributed by atoms with van der Waals surface area (Å²) in [5, 5.41) is 11.7. The van der Waals surface area contributed by atoms with Gasteiger partial charge in [-0.05, 0) is 17.5 Å². The number of amides is 1. The third-order valence-electron chi connectivity index (χ3n) is 3.38. The fourth-order valence-corrected chi connectivity index (χ4v) is 2.21. The predicted octanol–water partition coefficient (Wildman–Crippen LogP) is 0.634. The molecule has 1 unspecified atom stereocenters. The highest BCUT2D eigenvalue weighted by Crippen LogP contribution is 2.12. The molecule has 0 radical (unpaired) electrons. The lowest BCUT2D eigenvalue weighted by Crippen LogP contribution is -2.56. The normalized spacial score (nSPS) is 20.1. The van der Waals surface area contributed by atoms with Crippen molar-refractivity contribution in [1.29, 1.82) is 0 Å². The number of carbonyl (C=O) groups excluding carboxylic acids is 1. The number of aliphatic carboxylic acids is 1. The Morgan fingerprint density at radius 2 is 2.00 bits per heavy atom. The molecule has 5 nitrogen and oxygen atoms in total. The largest absolute Gasteiger partial charge is 0.480 e. The molecule has 1 heterocycles. The number of hydrogen-bond acceptors (Lipinski definition) is 3. The zero-order valence-corrected chi connectivity index (χ0v) is 10.9. The molecule has 1 fully saturated rings. The second kappa shape index (κ2) is 5.84. The van der Waals surface area contributed by atoms with Gasteiger partial charge in [0.2, 0.25) is 5.91 Å². The first-order valence-electron chi connectivity index (χ1n) is 6.41. The van der Waals surface area contributed by atoms with E-state index in [0.29, 0.717) is 6.54 Å². The molecule has 2 N–H and O–H groups in total. The lowest BCUT2D eigenvalue weighted by Gasteiger charge is -2.32. The third-order valence-corrected chi connectivity index (χ3v) is 3.38. The molecule has 1 aromatic rings. The maximum atomic E-state index is 11.4. The monoisotopic (exact) mass is 262 g/mol. The molecule has 1 aliphatic rings. The number of carboxylic acid groups (broad SMARTS) is 1. The van der Waals surface area contributed by atoms with Crippen LogP contribution < -0.4 is 5.32 Å². The molecule has 1 aliphatic heterocycles. The molecule has 102 valence electrons. The van der Waals surface area contributed by atoms with Crippen LogP contribution in [-0.4, -0.2) is 41.0 Å². The number of benzene rings is 1. The number of rotatable bonds is 4. The van der Waals surface area contributed by atoms with E-state index in [2.05, 4.69) is 12.2 Å². The van der Waals surface area contributed by atoms with Crippen molar-refractivity contribution < 1.29 is 14.7 Å². The van der Waals surface area contributed by atoms with Crippen LogP contribution in [0.3, 0.4) is 0 Å². The summed E-state index contributed by atoms with van der Waals surface area (Å²) in [5.74, 6) is -1.02. The summed E-state index contributed by atoms with van der Waals surface area (Å²) in [4.78, 5) is 24.3. The van der Waals surface area contributed by atoms with Gasteiger partial charge in [0.05, 0.1) is 6.54 Å². The summed E-state index contributed by atoms with van der Waals surface area (Å²) in [6.07, 6.45) is 0.976. The van der Waals surface area contributed by atoms with Crippen molar-refractivity contribution in [3.05, 3.63) is 35.4 Å². The van der Waals surface area contributed by atoms with E-state index in [4.69, 9.17) is 5.11 Å². The van der Waals surface area contributed by atoms with Crippen LogP contribution in [0.1, 0.15) is 18.1 Å². The summed E-state index contributed by atoms with van der Waals surface area (Å²) in [6.45, 7) is 2.87. The van der Waals surface area contributed by atoms with Gasteiger partial charge in [0.15, 0.2) is 0 Å². The first kappa shape index (κ1) is 13.5. The van der Waals surface area contributed by atoms with Gasteiger partial charge < -0.3 is 10.4 Å². The number of nitrogens with one attached hydrogen (secondary N) is 1. The van der Waals surface area contributed by atoms with E-state index in [-0.39, 0.29) is 19.0 Å². The van der Waals surface area contributed by atoms with Crippen LogP contribution in [0, 0.1) is 0 Å². The van der Waals surface area contributed by atoms with E-state index in [0.717, 1.165) is 12.0 Å². The number of nitrogens with zero attached hydrogens (tertiary/aromatic N) is 1. The standard InChI is InChI=1S/C14H18N2O3/c1-2-10-3-5-11(6-4-10)8-16-9-13(17)15-7-12(16)14(18)19/h3-6,12H,2,7-9H2,1H3,(H,15,17)(H,18,19). The highest BCUT2D eigenvalue weighted by atomic mass is 16.4. The average molecular weight is 262 g/mol. The Balaban J connectivity index is 2.09. The van der Waals surface area contributed by atoms with Crippen LogP contribution in [0.4, 0.5) is 0 Å². The van der Waals surface area contributed by atoms with Crippen LogP contribution in [0.25, 0.3) is 0 Å². The van der Waals surface area contributed by atoms with Crippen LogP contribution in [0.15, 0.2) is 24.3 Å². The first-order chi connectivity index (χ1) is 9.10. The molecule has 0 spiro atoms. The Kier molecular flexibility index (Phi) is 4.16. The molecule has 1 atom stereocenters. The van der Waals surface area contributed by atoms with Gasteiger partial charge in [0, 0.05) is 13.1 Å². The lowest BCUT2D eigenvalue weighted by atomic mass is 10.1.